The molecular weight excluding hydrogens is 401 g/mol. The largest absolute Gasteiger partial charge is 0.485 e. The van der Waals surface area contributed by atoms with Crippen molar-refractivity contribution in [3.05, 3.63) is 34.6 Å². The number of esters is 1. The van der Waals surface area contributed by atoms with E-state index < -0.39 is 17.9 Å². The van der Waals surface area contributed by atoms with Gasteiger partial charge in [-0.05, 0) is 38.8 Å². The van der Waals surface area contributed by atoms with Gasteiger partial charge in [0.25, 0.3) is 0 Å². The Balaban J connectivity index is 1.89. The third-order valence-electron chi connectivity index (χ3n) is 5.39. The van der Waals surface area contributed by atoms with Crippen molar-refractivity contribution in [1.82, 2.24) is 0 Å². The Morgan fingerprint density at radius 2 is 1.83 bits per heavy atom. The lowest BCUT2D eigenvalue weighted by Gasteiger charge is -2.19. The number of hydrogen-bond donors (Lipinski definition) is 0. The second kappa shape index (κ2) is 8.53. The van der Waals surface area contributed by atoms with Crippen LogP contribution in [0.1, 0.15) is 39.5 Å². The van der Waals surface area contributed by atoms with Crippen LogP contribution in [0.15, 0.2) is 23.8 Å². The lowest BCUT2D eigenvalue weighted by atomic mass is 9.81. The van der Waals surface area contributed by atoms with Crippen molar-refractivity contribution >= 4 is 35.1 Å². The third kappa shape index (κ3) is 4.15. The zero-order valence-electron chi connectivity index (χ0n) is 16.5. The van der Waals surface area contributed by atoms with Crippen molar-refractivity contribution in [2.75, 3.05) is 12.0 Å². The van der Waals surface area contributed by atoms with Crippen molar-refractivity contribution in [1.29, 1.82) is 0 Å². The summed E-state index contributed by atoms with van der Waals surface area (Å²) in [6.45, 7) is 3.25. The Morgan fingerprint density at radius 1 is 1.24 bits per heavy atom. The van der Waals surface area contributed by atoms with Gasteiger partial charge in [-0.15, -0.1) is 0 Å². The molecule has 0 radical (unpaired) electrons. The average Bonchev–Trinajstić information content (AvgIpc) is 2.94. The molecule has 1 heterocycles. The van der Waals surface area contributed by atoms with Crippen LogP contribution in [-0.4, -0.2) is 31.0 Å². The van der Waals surface area contributed by atoms with Gasteiger partial charge in [-0.25, -0.2) is 14.1 Å². The van der Waals surface area contributed by atoms with Gasteiger partial charge < -0.3 is 9.47 Å². The summed E-state index contributed by atoms with van der Waals surface area (Å²) < 4.78 is 25.0. The molecule has 1 aliphatic heterocycles. The zero-order valence-corrected chi connectivity index (χ0v) is 17.3. The fourth-order valence-corrected chi connectivity index (χ4v) is 4.19. The first-order chi connectivity index (χ1) is 13.7. The molecule has 0 aromatic heterocycles. The molecule has 6 nitrogen and oxygen atoms in total. The molecule has 29 heavy (non-hydrogen) atoms. The maximum atomic E-state index is 14.6. The summed E-state index contributed by atoms with van der Waals surface area (Å²) in [7, 11) is 1.27. The Labute approximate surface area is 173 Å². The number of ether oxygens (including phenoxy) is 2. The van der Waals surface area contributed by atoms with Gasteiger partial charge >= 0.3 is 5.97 Å². The maximum Gasteiger partial charge on any atom is 0.333 e. The molecule has 2 aliphatic rings. The molecule has 2 fully saturated rings. The van der Waals surface area contributed by atoms with E-state index in [0.29, 0.717) is 18.4 Å². The molecule has 3 atom stereocenters. The average molecular weight is 424 g/mol. The Kier molecular flexibility index (Phi) is 6.27. The molecule has 0 spiro atoms. The quantitative estimate of drug-likeness (QED) is 0.406. The van der Waals surface area contributed by atoms with E-state index in [1.165, 1.54) is 19.3 Å². The number of methoxy groups -OCH3 is 1. The first-order valence-corrected chi connectivity index (χ1v) is 9.92. The summed E-state index contributed by atoms with van der Waals surface area (Å²) in [6.07, 6.45) is 3.99. The molecule has 0 N–H and O–H groups in total. The van der Waals surface area contributed by atoms with Gasteiger partial charge in [0, 0.05) is 11.6 Å². The van der Waals surface area contributed by atoms with Crippen LogP contribution in [0.2, 0.25) is 5.02 Å². The number of rotatable bonds is 5. The van der Waals surface area contributed by atoms with E-state index in [-0.39, 0.29) is 40.1 Å². The number of nitrogens with zero attached hydrogens (tertiary/aromatic N) is 1. The SMILES string of the molecule is COC(=O)C(C)=CC(C)Oc1cc(N2C(=O)C3CCCCC3C2=O)c(F)cc1Cl. The Morgan fingerprint density at radius 3 is 2.38 bits per heavy atom. The highest BCUT2D eigenvalue weighted by atomic mass is 35.5. The van der Waals surface area contributed by atoms with Crippen LogP contribution in [0.3, 0.4) is 0 Å². The van der Waals surface area contributed by atoms with Crippen molar-refractivity contribution in [2.24, 2.45) is 11.8 Å². The summed E-state index contributed by atoms with van der Waals surface area (Å²) in [5.74, 6) is -2.68. The van der Waals surface area contributed by atoms with E-state index in [4.69, 9.17) is 16.3 Å². The summed E-state index contributed by atoms with van der Waals surface area (Å²) in [4.78, 5) is 38.0. The number of halogens is 2. The predicted molar refractivity (Wildman–Crippen MR) is 105 cm³/mol. The van der Waals surface area contributed by atoms with Crippen molar-refractivity contribution < 1.29 is 28.2 Å². The lowest BCUT2D eigenvalue weighted by Crippen LogP contribution is -2.31. The van der Waals surface area contributed by atoms with E-state index in [1.807, 2.05) is 0 Å². The molecule has 1 saturated carbocycles. The minimum absolute atomic E-state index is 0.00117. The van der Waals surface area contributed by atoms with Gasteiger partial charge in [-0.1, -0.05) is 24.4 Å². The molecule has 1 aliphatic carbocycles. The molecule has 8 heteroatoms. The standard InChI is InChI=1S/C21H23ClFNO5/c1-11(21(27)28-3)8-12(2)29-18-10-17(16(23)9-15(18)22)24-19(25)13-6-4-5-7-14(13)20(24)26/h8-10,12-14H,4-7H2,1-3H3. The molecule has 156 valence electrons. The van der Waals surface area contributed by atoms with E-state index in [1.54, 1.807) is 13.8 Å². The van der Waals surface area contributed by atoms with Crippen molar-refractivity contribution in [2.45, 2.75) is 45.6 Å². The predicted octanol–water partition coefficient (Wildman–Crippen LogP) is 4.05. The molecule has 3 rings (SSSR count). The highest BCUT2D eigenvalue weighted by Gasteiger charge is 2.49. The van der Waals surface area contributed by atoms with Crippen LogP contribution in [0.25, 0.3) is 0 Å². The molecule has 1 aromatic carbocycles. The van der Waals surface area contributed by atoms with Gasteiger partial charge in [0.2, 0.25) is 11.8 Å². The topological polar surface area (TPSA) is 72.9 Å². The second-order valence-electron chi connectivity index (χ2n) is 7.41. The molecule has 1 saturated heterocycles. The normalized spacial score (nSPS) is 23.1. The highest BCUT2D eigenvalue weighted by molar-refractivity contribution is 6.32. The van der Waals surface area contributed by atoms with Gasteiger partial charge in [-0.2, -0.15) is 0 Å². The minimum atomic E-state index is -0.767. The summed E-state index contributed by atoms with van der Waals surface area (Å²) in [5.41, 5.74) is 0.183. The van der Waals surface area contributed by atoms with Crippen LogP contribution in [-0.2, 0) is 19.1 Å². The first kappa shape index (κ1) is 21.3. The molecule has 2 amide bonds. The van der Waals surface area contributed by atoms with Crippen LogP contribution in [0, 0.1) is 17.7 Å². The number of hydrogen-bond acceptors (Lipinski definition) is 5. The number of carbonyl (C=O) groups is 3. The molecule has 0 bridgehead atoms. The number of amides is 2. The number of imide groups is 1. The van der Waals surface area contributed by atoms with E-state index in [0.717, 1.165) is 23.8 Å². The molecular formula is C21H23ClFNO5. The lowest BCUT2D eigenvalue weighted by molar-refractivity contribution is -0.136. The zero-order chi connectivity index (χ0) is 21.3. The smallest absolute Gasteiger partial charge is 0.333 e. The Bertz CT molecular complexity index is 860. The number of benzene rings is 1. The fourth-order valence-electron chi connectivity index (χ4n) is 4.00. The number of anilines is 1. The number of carbonyl (C=O) groups excluding carboxylic acids is 3. The Hall–Kier alpha value is -2.41. The summed E-state index contributed by atoms with van der Waals surface area (Å²) >= 11 is 6.11. The first-order valence-electron chi connectivity index (χ1n) is 9.54. The van der Waals surface area contributed by atoms with Crippen LogP contribution >= 0.6 is 11.6 Å². The monoisotopic (exact) mass is 423 g/mol. The molecule has 3 unspecified atom stereocenters. The van der Waals surface area contributed by atoms with Gasteiger partial charge in [0.15, 0.2) is 0 Å². The van der Waals surface area contributed by atoms with Gasteiger partial charge in [0.1, 0.15) is 17.7 Å². The fraction of sp³-hybridized carbons (Fsp3) is 0.476. The van der Waals surface area contributed by atoms with Crippen LogP contribution in [0.4, 0.5) is 10.1 Å². The number of fused-ring (bicyclic) bond motifs is 1. The summed E-state index contributed by atoms with van der Waals surface area (Å²) in [6, 6.07) is 2.29. The third-order valence-corrected chi connectivity index (χ3v) is 5.68. The van der Waals surface area contributed by atoms with E-state index in [2.05, 4.69) is 4.74 Å². The minimum Gasteiger partial charge on any atom is -0.485 e. The van der Waals surface area contributed by atoms with E-state index in [9.17, 15) is 18.8 Å². The van der Waals surface area contributed by atoms with Crippen molar-refractivity contribution in [3.63, 3.8) is 0 Å². The van der Waals surface area contributed by atoms with Crippen LogP contribution < -0.4 is 9.64 Å². The summed E-state index contributed by atoms with van der Waals surface area (Å²) in [5, 5.41) is -0.00117. The maximum absolute atomic E-state index is 14.6. The van der Waals surface area contributed by atoms with Gasteiger partial charge in [0.05, 0.1) is 29.7 Å². The van der Waals surface area contributed by atoms with E-state index >= 15 is 0 Å². The second-order valence-corrected chi connectivity index (χ2v) is 7.81. The van der Waals surface area contributed by atoms with Gasteiger partial charge in [-0.3, -0.25) is 9.59 Å². The molecule has 1 aromatic rings. The van der Waals surface area contributed by atoms with Crippen molar-refractivity contribution in [3.8, 4) is 5.75 Å². The highest BCUT2D eigenvalue weighted by Crippen LogP contribution is 2.42. The van der Waals surface area contributed by atoms with Crippen LogP contribution in [0.5, 0.6) is 5.75 Å².